The van der Waals surface area contributed by atoms with E-state index in [-0.39, 0.29) is 6.61 Å². The Balaban J connectivity index is 1.76. The second-order valence-corrected chi connectivity index (χ2v) is 6.56. The fraction of sp³-hybridized carbons (Fsp3) is 0.381. The summed E-state index contributed by atoms with van der Waals surface area (Å²) in [5, 5.41) is 19.0. The van der Waals surface area contributed by atoms with Crippen LogP contribution in [0.4, 0.5) is 0 Å². The Morgan fingerprint density at radius 1 is 0.962 bits per heavy atom. The normalized spacial score (nSPS) is 12.4. The first-order valence-corrected chi connectivity index (χ1v) is 9.29. The summed E-state index contributed by atoms with van der Waals surface area (Å²) in [6.07, 6.45) is 2.68. The molecule has 5 heteroatoms. The van der Waals surface area contributed by atoms with E-state index in [2.05, 4.69) is 6.92 Å². The van der Waals surface area contributed by atoms with Gasteiger partial charge in [0.1, 0.15) is 18.5 Å². The highest BCUT2D eigenvalue weighted by atomic mass is 16.5. The molecule has 1 heterocycles. The SMILES string of the molecule is CCCCCn1c(=N)n(C[C@@H](O)COc2ccccc2)c2ccccc21. The molecule has 138 valence electrons. The van der Waals surface area contributed by atoms with E-state index in [9.17, 15) is 5.11 Å². The number of aliphatic hydroxyl groups is 1. The molecule has 0 aliphatic carbocycles. The van der Waals surface area contributed by atoms with E-state index >= 15 is 0 Å². The monoisotopic (exact) mass is 353 g/mol. The number of aromatic nitrogens is 2. The smallest absolute Gasteiger partial charge is 0.203 e. The Morgan fingerprint density at radius 2 is 1.62 bits per heavy atom. The number of hydrogen-bond acceptors (Lipinski definition) is 3. The number of rotatable bonds is 9. The van der Waals surface area contributed by atoms with Crippen LogP contribution in [-0.4, -0.2) is 27.0 Å². The Kier molecular flexibility index (Phi) is 6.12. The number of ether oxygens (including phenoxy) is 1. The van der Waals surface area contributed by atoms with Gasteiger partial charge in [0.15, 0.2) is 0 Å². The van der Waals surface area contributed by atoms with Crippen LogP contribution in [0.5, 0.6) is 5.75 Å². The highest BCUT2D eigenvalue weighted by Crippen LogP contribution is 2.15. The van der Waals surface area contributed by atoms with E-state index in [1.54, 1.807) is 0 Å². The maximum atomic E-state index is 10.4. The molecule has 0 unspecified atom stereocenters. The summed E-state index contributed by atoms with van der Waals surface area (Å²) in [5.41, 5.74) is 2.46. The van der Waals surface area contributed by atoms with Crippen molar-refractivity contribution in [2.24, 2.45) is 0 Å². The summed E-state index contributed by atoms with van der Waals surface area (Å²) in [6, 6.07) is 17.5. The number of benzene rings is 2. The zero-order valence-corrected chi connectivity index (χ0v) is 15.3. The lowest BCUT2D eigenvalue weighted by atomic mass is 10.2. The number of imidazole rings is 1. The number of hydrogen-bond donors (Lipinski definition) is 2. The summed E-state index contributed by atoms with van der Waals surface area (Å²) < 4.78 is 9.56. The van der Waals surface area contributed by atoms with Gasteiger partial charge in [-0.1, -0.05) is 50.1 Å². The zero-order valence-electron chi connectivity index (χ0n) is 15.3. The van der Waals surface area contributed by atoms with Crippen LogP contribution in [0.1, 0.15) is 26.2 Å². The number of aliphatic hydroxyl groups excluding tert-OH is 1. The average Bonchev–Trinajstić information content (AvgIpc) is 2.93. The minimum atomic E-state index is -0.681. The minimum absolute atomic E-state index is 0.200. The third kappa shape index (κ3) is 4.17. The fourth-order valence-electron chi connectivity index (χ4n) is 3.20. The summed E-state index contributed by atoms with van der Waals surface area (Å²) in [4.78, 5) is 0. The van der Waals surface area contributed by atoms with Gasteiger partial charge >= 0.3 is 0 Å². The predicted octanol–water partition coefficient (Wildman–Crippen LogP) is 3.55. The molecule has 0 bridgehead atoms. The highest BCUT2D eigenvalue weighted by molar-refractivity contribution is 5.75. The Labute approximate surface area is 154 Å². The van der Waals surface area contributed by atoms with E-state index in [1.807, 2.05) is 63.7 Å². The van der Waals surface area contributed by atoms with Crippen LogP contribution in [0.25, 0.3) is 11.0 Å². The van der Waals surface area contributed by atoms with Crippen molar-refractivity contribution >= 4 is 11.0 Å². The van der Waals surface area contributed by atoms with E-state index in [0.29, 0.717) is 12.2 Å². The maximum absolute atomic E-state index is 10.4. The first-order valence-electron chi connectivity index (χ1n) is 9.29. The second-order valence-electron chi connectivity index (χ2n) is 6.56. The third-order valence-corrected chi connectivity index (χ3v) is 4.54. The third-order valence-electron chi connectivity index (χ3n) is 4.54. The average molecular weight is 353 g/mol. The van der Waals surface area contributed by atoms with Crippen LogP contribution in [0.2, 0.25) is 0 Å². The molecule has 1 atom stereocenters. The van der Waals surface area contributed by atoms with Gasteiger partial charge in [-0.25, -0.2) is 0 Å². The second kappa shape index (κ2) is 8.72. The Bertz CT molecular complexity index is 883. The topological polar surface area (TPSA) is 63.2 Å². The van der Waals surface area contributed by atoms with Crippen molar-refractivity contribution in [2.45, 2.75) is 45.4 Å². The fourth-order valence-corrected chi connectivity index (χ4v) is 3.20. The molecule has 2 N–H and O–H groups in total. The lowest BCUT2D eigenvalue weighted by Crippen LogP contribution is -2.31. The van der Waals surface area contributed by atoms with Crippen molar-refractivity contribution in [3.63, 3.8) is 0 Å². The number of para-hydroxylation sites is 3. The number of fused-ring (bicyclic) bond motifs is 1. The number of nitrogens with one attached hydrogen (secondary N) is 1. The first kappa shape index (κ1) is 18.3. The van der Waals surface area contributed by atoms with Crippen molar-refractivity contribution in [2.75, 3.05) is 6.61 Å². The molecule has 5 nitrogen and oxygen atoms in total. The van der Waals surface area contributed by atoms with Crippen LogP contribution in [0, 0.1) is 5.41 Å². The van der Waals surface area contributed by atoms with E-state index in [0.717, 1.165) is 42.6 Å². The van der Waals surface area contributed by atoms with Gasteiger partial charge in [-0.05, 0) is 30.7 Å². The Morgan fingerprint density at radius 3 is 2.31 bits per heavy atom. The van der Waals surface area contributed by atoms with Crippen LogP contribution >= 0.6 is 0 Å². The van der Waals surface area contributed by atoms with Crippen molar-refractivity contribution in [3.8, 4) is 5.75 Å². The molecule has 1 aromatic heterocycles. The van der Waals surface area contributed by atoms with Gasteiger partial charge in [0.05, 0.1) is 17.6 Å². The van der Waals surface area contributed by atoms with Gasteiger partial charge in [-0.2, -0.15) is 0 Å². The van der Waals surface area contributed by atoms with Crippen LogP contribution in [0.3, 0.4) is 0 Å². The lowest BCUT2D eigenvalue weighted by molar-refractivity contribution is 0.0921. The largest absolute Gasteiger partial charge is 0.491 e. The van der Waals surface area contributed by atoms with Gasteiger partial charge in [0.2, 0.25) is 5.62 Å². The molecule has 0 radical (unpaired) electrons. The molecule has 0 saturated carbocycles. The maximum Gasteiger partial charge on any atom is 0.203 e. The molecule has 0 saturated heterocycles. The molecular formula is C21H27N3O2. The van der Waals surface area contributed by atoms with Crippen molar-refractivity contribution in [1.29, 1.82) is 5.41 Å². The molecule has 3 rings (SSSR count). The predicted molar refractivity (Wildman–Crippen MR) is 103 cm³/mol. The van der Waals surface area contributed by atoms with Gasteiger partial charge in [-0.15, -0.1) is 0 Å². The lowest BCUT2D eigenvalue weighted by Gasteiger charge is -2.13. The van der Waals surface area contributed by atoms with E-state index in [1.165, 1.54) is 0 Å². The van der Waals surface area contributed by atoms with E-state index < -0.39 is 6.10 Å². The first-order chi connectivity index (χ1) is 12.7. The van der Waals surface area contributed by atoms with Crippen LogP contribution < -0.4 is 10.4 Å². The van der Waals surface area contributed by atoms with Crippen LogP contribution in [-0.2, 0) is 13.1 Å². The van der Waals surface area contributed by atoms with Gasteiger partial charge in [0, 0.05) is 6.54 Å². The molecule has 0 aliphatic rings. The molecule has 0 amide bonds. The number of unbranched alkanes of at least 4 members (excludes halogenated alkanes) is 2. The van der Waals surface area contributed by atoms with Gasteiger partial charge in [-0.3, -0.25) is 5.41 Å². The zero-order chi connectivity index (χ0) is 18.4. The Hall–Kier alpha value is -2.53. The molecule has 26 heavy (non-hydrogen) atoms. The summed E-state index contributed by atoms with van der Waals surface area (Å²) in [5.74, 6) is 0.740. The highest BCUT2D eigenvalue weighted by Gasteiger charge is 2.14. The molecule has 2 aromatic carbocycles. The molecule has 0 spiro atoms. The quantitative estimate of drug-likeness (QED) is 0.578. The van der Waals surface area contributed by atoms with Crippen molar-refractivity contribution in [3.05, 3.63) is 60.2 Å². The molecular weight excluding hydrogens is 326 g/mol. The van der Waals surface area contributed by atoms with Gasteiger partial charge in [0.25, 0.3) is 0 Å². The van der Waals surface area contributed by atoms with E-state index in [4.69, 9.17) is 10.1 Å². The van der Waals surface area contributed by atoms with Crippen LogP contribution in [0.15, 0.2) is 54.6 Å². The minimum Gasteiger partial charge on any atom is -0.491 e. The standard InChI is InChI=1S/C21H27N3O2/c1-2-3-9-14-23-19-12-7-8-13-20(19)24(21(23)22)15-17(25)16-26-18-10-5-4-6-11-18/h4-8,10-13,17,22,25H,2-3,9,14-16H2,1H3/t17-/m1/s1. The summed E-state index contributed by atoms with van der Waals surface area (Å²) in [6.45, 7) is 3.55. The number of nitrogens with zero attached hydrogens (tertiary/aromatic N) is 2. The molecule has 0 aliphatic heterocycles. The van der Waals surface area contributed by atoms with Gasteiger partial charge < -0.3 is 19.0 Å². The van der Waals surface area contributed by atoms with Crippen molar-refractivity contribution in [1.82, 2.24) is 9.13 Å². The molecule has 0 fully saturated rings. The number of aryl methyl sites for hydroxylation is 1. The summed E-state index contributed by atoms with van der Waals surface area (Å²) in [7, 11) is 0. The van der Waals surface area contributed by atoms with Crippen molar-refractivity contribution < 1.29 is 9.84 Å². The molecule has 3 aromatic rings. The summed E-state index contributed by atoms with van der Waals surface area (Å²) >= 11 is 0.